The lowest BCUT2D eigenvalue weighted by atomic mass is 10.1. The van der Waals surface area contributed by atoms with Gasteiger partial charge in [0.25, 0.3) is 5.91 Å². The normalized spacial score (nSPS) is 15.1. The molecule has 2 N–H and O–H groups in total. The first-order valence-corrected chi connectivity index (χ1v) is 11.2. The highest BCUT2D eigenvalue weighted by atomic mass is 32.2. The van der Waals surface area contributed by atoms with E-state index < -0.39 is 15.9 Å². The summed E-state index contributed by atoms with van der Waals surface area (Å²) < 4.78 is 30.4. The van der Waals surface area contributed by atoms with Crippen LogP contribution in [0.3, 0.4) is 0 Å². The van der Waals surface area contributed by atoms with Crippen molar-refractivity contribution >= 4 is 37.5 Å². The Morgan fingerprint density at radius 3 is 2.68 bits per heavy atom. The van der Waals surface area contributed by atoms with Gasteiger partial charge in [0.2, 0.25) is 14.8 Å². The highest BCUT2D eigenvalue weighted by Crippen LogP contribution is 2.23. The van der Waals surface area contributed by atoms with Crippen molar-refractivity contribution in [2.24, 2.45) is 12.1 Å². The van der Waals surface area contributed by atoms with Gasteiger partial charge in [-0.3, -0.25) is 4.79 Å². The van der Waals surface area contributed by atoms with Crippen LogP contribution < -0.4 is 14.9 Å². The third-order valence-electron chi connectivity index (χ3n) is 4.63. The highest BCUT2D eigenvalue weighted by Gasteiger charge is 2.28. The van der Waals surface area contributed by atoms with Crippen molar-refractivity contribution in [2.45, 2.75) is 30.7 Å². The summed E-state index contributed by atoms with van der Waals surface area (Å²) in [7, 11) is -1.74. The second-order valence-corrected chi connectivity index (χ2v) is 9.56. The molecule has 3 aromatic rings. The summed E-state index contributed by atoms with van der Waals surface area (Å²) in [5.41, 5.74) is 4.54. The molecule has 7 nitrogen and oxygen atoms in total. The van der Waals surface area contributed by atoms with Gasteiger partial charge in [-0.2, -0.15) is 0 Å². The largest absolute Gasteiger partial charge is 0.318 e. The smallest absolute Gasteiger partial charge is 0.271 e. The highest BCUT2D eigenvalue weighted by molar-refractivity contribution is 7.89. The number of benzene rings is 2. The Kier molecular flexibility index (Phi) is 4.82. The number of nitrogens with one attached hydrogen (secondary N) is 2. The maximum Gasteiger partial charge on any atom is 0.271 e. The van der Waals surface area contributed by atoms with Crippen LogP contribution in [0.15, 0.2) is 52.5 Å². The Morgan fingerprint density at radius 1 is 1.21 bits per heavy atom. The van der Waals surface area contributed by atoms with Crippen molar-refractivity contribution in [3.05, 3.63) is 58.4 Å². The number of amides is 1. The number of nitrogens with zero attached hydrogens (tertiary/aromatic N) is 2. The standard InChI is InChI=1S/C19H20N4O3S2/c1-12-7-10-14(28(25,26)22-13-8-9-13)11-15(12)18(24)20-21-19-23(2)16-5-3-4-6-17(16)27-19/h3-7,10-11,13,22H,8-9H2,1-2H3,(H,20,24)/b21-19-. The Labute approximate surface area is 166 Å². The molecule has 0 radical (unpaired) electrons. The Hall–Kier alpha value is -2.49. The van der Waals surface area contributed by atoms with E-state index >= 15 is 0 Å². The molecule has 1 aromatic heterocycles. The zero-order valence-corrected chi connectivity index (χ0v) is 17.1. The van der Waals surface area contributed by atoms with Gasteiger partial charge in [0, 0.05) is 18.7 Å². The summed E-state index contributed by atoms with van der Waals surface area (Å²) in [6, 6.07) is 12.4. The molecule has 1 amide bonds. The summed E-state index contributed by atoms with van der Waals surface area (Å²) in [6.07, 6.45) is 1.70. The van der Waals surface area contributed by atoms with Crippen LogP contribution in [0.1, 0.15) is 28.8 Å². The van der Waals surface area contributed by atoms with Crippen LogP contribution in [0.25, 0.3) is 10.2 Å². The molecule has 1 aliphatic rings. The third-order valence-corrected chi connectivity index (χ3v) is 7.26. The van der Waals surface area contributed by atoms with Gasteiger partial charge in [-0.05, 0) is 49.6 Å². The molecule has 28 heavy (non-hydrogen) atoms. The number of aryl methyl sites for hydroxylation is 2. The molecular weight excluding hydrogens is 396 g/mol. The predicted octanol–water partition coefficient (Wildman–Crippen LogP) is 2.23. The van der Waals surface area contributed by atoms with Crippen LogP contribution in [0.2, 0.25) is 0 Å². The lowest BCUT2D eigenvalue weighted by molar-refractivity contribution is 0.0952. The van der Waals surface area contributed by atoms with Crippen LogP contribution in [-0.4, -0.2) is 24.9 Å². The lowest BCUT2D eigenvalue weighted by Crippen LogP contribution is -2.27. The molecule has 1 heterocycles. The quantitative estimate of drug-likeness (QED) is 0.625. The van der Waals surface area contributed by atoms with Crippen LogP contribution in [0, 0.1) is 6.92 Å². The molecule has 0 bridgehead atoms. The molecule has 1 aliphatic carbocycles. The van der Waals surface area contributed by atoms with Crippen molar-refractivity contribution < 1.29 is 13.2 Å². The zero-order valence-electron chi connectivity index (χ0n) is 15.5. The van der Waals surface area contributed by atoms with Crippen molar-refractivity contribution in [2.75, 3.05) is 0 Å². The van der Waals surface area contributed by atoms with E-state index in [1.807, 2.05) is 35.9 Å². The molecule has 0 atom stereocenters. The number of hydrogen-bond acceptors (Lipinski definition) is 5. The molecule has 0 spiro atoms. The van der Waals surface area contributed by atoms with Gasteiger partial charge in [-0.25, -0.2) is 18.6 Å². The van der Waals surface area contributed by atoms with Gasteiger partial charge < -0.3 is 4.57 Å². The minimum Gasteiger partial charge on any atom is -0.318 e. The third kappa shape index (κ3) is 3.73. The molecule has 0 aliphatic heterocycles. The van der Waals surface area contributed by atoms with E-state index in [1.54, 1.807) is 13.0 Å². The monoisotopic (exact) mass is 416 g/mol. The van der Waals surface area contributed by atoms with Crippen molar-refractivity contribution in [3.8, 4) is 0 Å². The number of thiazole rings is 1. The Balaban J connectivity index is 1.62. The summed E-state index contributed by atoms with van der Waals surface area (Å²) in [6.45, 7) is 1.76. The van der Waals surface area contributed by atoms with E-state index in [-0.39, 0.29) is 16.5 Å². The Morgan fingerprint density at radius 2 is 1.96 bits per heavy atom. The maximum absolute atomic E-state index is 12.7. The summed E-state index contributed by atoms with van der Waals surface area (Å²) in [4.78, 5) is 13.4. The fraction of sp³-hybridized carbons (Fsp3) is 0.263. The molecule has 2 aromatic carbocycles. The summed E-state index contributed by atoms with van der Waals surface area (Å²) in [5, 5.41) is 4.23. The number of sulfonamides is 1. The van der Waals surface area contributed by atoms with E-state index in [4.69, 9.17) is 0 Å². The molecule has 9 heteroatoms. The second kappa shape index (κ2) is 7.16. The van der Waals surface area contributed by atoms with E-state index in [9.17, 15) is 13.2 Å². The fourth-order valence-electron chi connectivity index (χ4n) is 2.85. The van der Waals surface area contributed by atoms with Crippen molar-refractivity contribution in [1.29, 1.82) is 0 Å². The first kappa shape index (κ1) is 18.9. The van der Waals surface area contributed by atoms with Gasteiger partial charge in [-0.1, -0.05) is 29.5 Å². The first-order valence-electron chi connectivity index (χ1n) is 8.87. The average molecular weight is 417 g/mol. The minimum absolute atomic E-state index is 0.00606. The van der Waals surface area contributed by atoms with Crippen LogP contribution in [0.5, 0.6) is 0 Å². The SMILES string of the molecule is Cc1ccc(S(=O)(=O)NC2CC2)cc1C(=O)N/N=c1\sc2ccccc2n1C. The molecule has 1 saturated carbocycles. The van der Waals surface area contributed by atoms with E-state index in [2.05, 4.69) is 15.2 Å². The topological polar surface area (TPSA) is 92.6 Å². The van der Waals surface area contributed by atoms with Crippen LogP contribution in [0.4, 0.5) is 0 Å². The van der Waals surface area contributed by atoms with Crippen LogP contribution >= 0.6 is 11.3 Å². The van der Waals surface area contributed by atoms with Gasteiger partial charge in [0.05, 0.1) is 15.1 Å². The number of para-hydroxylation sites is 1. The molecule has 4 rings (SSSR count). The number of carbonyl (C=O) groups excluding carboxylic acids is 1. The molecular formula is C19H20N4O3S2. The molecule has 0 unspecified atom stereocenters. The zero-order chi connectivity index (χ0) is 19.9. The average Bonchev–Trinajstić information content (AvgIpc) is 3.41. The van der Waals surface area contributed by atoms with E-state index in [0.29, 0.717) is 10.4 Å². The minimum atomic E-state index is -3.62. The summed E-state index contributed by atoms with van der Waals surface area (Å²) >= 11 is 1.46. The molecule has 0 saturated heterocycles. The molecule has 1 fully saturated rings. The predicted molar refractivity (Wildman–Crippen MR) is 108 cm³/mol. The van der Waals surface area contributed by atoms with E-state index in [1.165, 1.54) is 23.5 Å². The van der Waals surface area contributed by atoms with Gasteiger partial charge >= 0.3 is 0 Å². The van der Waals surface area contributed by atoms with Gasteiger partial charge in [0.15, 0.2) is 0 Å². The number of rotatable bonds is 5. The van der Waals surface area contributed by atoms with Crippen molar-refractivity contribution in [3.63, 3.8) is 0 Å². The number of aromatic nitrogens is 1. The van der Waals surface area contributed by atoms with Gasteiger partial charge in [-0.15, -0.1) is 5.10 Å². The van der Waals surface area contributed by atoms with Crippen LogP contribution in [-0.2, 0) is 17.1 Å². The number of hydrogen-bond donors (Lipinski definition) is 2. The first-order chi connectivity index (χ1) is 13.3. The summed E-state index contributed by atoms with van der Waals surface area (Å²) in [5.74, 6) is -0.446. The molecule has 146 valence electrons. The lowest BCUT2D eigenvalue weighted by Gasteiger charge is -2.09. The second-order valence-electron chi connectivity index (χ2n) is 6.84. The number of carbonyl (C=O) groups is 1. The fourth-order valence-corrected chi connectivity index (χ4v) is 5.16. The number of fused-ring (bicyclic) bond motifs is 1. The van der Waals surface area contributed by atoms with E-state index in [0.717, 1.165) is 23.1 Å². The van der Waals surface area contributed by atoms with Crippen molar-refractivity contribution in [1.82, 2.24) is 14.7 Å². The van der Waals surface area contributed by atoms with Gasteiger partial charge in [0.1, 0.15) is 0 Å². The maximum atomic E-state index is 12.7. The Bertz CT molecular complexity index is 1240.